The van der Waals surface area contributed by atoms with Gasteiger partial charge in [-0.05, 0) is 48.3 Å². The van der Waals surface area contributed by atoms with Crippen molar-refractivity contribution in [1.29, 1.82) is 0 Å². The van der Waals surface area contributed by atoms with Crippen LogP contribution in [0.5, 0.6) is 0 Å². The molecule has 1 amide bonds. The second-order valence-corrected chi connectivity index (χ2v) is 8.12. The lowest BCUT2D eigenvalue weighted by Crippen LogP contribution is -2.68. The molecule has 3 heteroatoms. The summed E-state index contributed by atoms with van der Waals surface area (Å²) in [5.41, 5.74) is 2.07. The van der Waals surface area contributed by atoms with Crippen molar-refractivity contribution in [1.82, 2.24) is 0 Å². The Labute approximate surface area is 129 Å². The first-order valence-electron chi connectivity index (χ1n) is 7.28. The summed E-state index contributed by atoms with van der Waals surface area (Å²) in [6.07, 6.45) is 2.10. The molecule has 20 heavy (non-hydrogen) atoms. The zero-order chi connectivity index (χ0) is 14.8. The minimum atomic E-state index is -0.272. The molecule has 3 saturated carbocycles. The number of halogens is 1. The maximum atomic E-state index is 12.9. The smallest absolute Gasteiger partial charge is 0.232 e. The standard InChI is InChI=1S/C17H22BrNO/c1-11-6-5-7-12(10-11)19-14(20)17-9-8-16(4,13(17)18)15(17,2)3/h5-7,10,13H,8-9H2,1-4H3,(H,19,20)/t13-,16-,17-/m0/s1. The fraction of sp³-hybridized carbons (Fsp3) is 0.588. The maximum Gasteiger partial charge on any atom is 0.232 e. The van der Waals surface area contributed by atoms with E-state index in [1.807, 2.05) is 31.2 Å². The topological polar surface area (TPSA) is 29.1 Å². The molecule has 0 heterocycles. The van der Waals surface area contributed by atoms with E-state index < -0.39 is 0 Å². The molecule has 4 rings (SSSR count). The van der Waals surface area contributed by atoms with Crippen LogP contribution in [0, 0.1) is 23.2 Å². The van der Waals surface area contributed by atoms with Gasteiger partial charge < -0.3 is 5.32 Å². The molecule has 108 valence electrons. The van der Waals surface area contributed by atoms with Crippen LogP contribution in [0.15, 0.2) is 24.3 Å². The average molecular weight is 336 g/mol. The number of fused-ring (bicyclic) bond motifs is 1. The monoisotopic (exact) mass is 335 g/mol. The molecule has 0 saturated heterocycles. The van der Waals surface area contributed by atoms with Gasteiger partial charge in [-0.3, -0.25) is 4.79 Å². The lowest BCUT2D eigenvalue weighted by Gasteiger charge is -2.64. The molecule has 3 atom stereocenters. The number of carbonyl (C=O) groups is 1. The molecule has 3 fully saturated rings. The summed E-state index contributed by atoms with van der Waals surface area (Å²) in [6, 6.07) is 8.02. The van der Waals surface area contributed by atoms with E-state index in [9.17, 15) is 4.79 Å². The number of alkyl halides is 1. The summed E-state index contributed by atoms with van der Waals surface area (Å²) < 4.78 is 0. The minimum absolute atomic E-state index is 0.0437. The zero-order valence-electron chi connectivity index (χ0n) is 12.6. The van der Waals surface area contributed by atoms with Crippen molar-refractivity contribution in [2.45, 2.75) is 45.4 Å². The lowest BCUT2D eigenvalue weighted by atomic mass is 9.43. The predicted molar refractivity (Wildman–Crippen MR) is 86.1 cm³/mol. The van der Waals surface area contributed by atoms with Gasteiger partial charge in [0.05, 0.1) is 5.41 Å². The average Bonchev–Trinajstić information content (AvgIpc) is 2.77. The number of hydrogen-bond donors (Lipinski definition) is 1. The SMILES string of the molecule is Cc1cccc(NC(=O)[C@]23CC[C@@](C)([C@@H]2Br)C3(C)C)c1. The van der Waals surface area contributed by atoms with Gasteiger partial charge in [-0.15, -0.1) is 0 Å². The molecule has 2 nitrogen and oxygen atoms in total. The van der Waals surface area contributed by atoms with Crippen molar-refractivity contribution in [3.05, 3.63) is 29.8 Å². The number of aryl methyl sites for hydroxylation is 1. The molecule has 0 unspecified atom stereocenters. The molecule has 2 bridgehead atoms. The largest absolute Gasteiger partial charge is 0.326 e. The van der Waals surface area contributed by atoms with E-state index in [0.29, 0.717) is 0 Å². The number of nitrogens with one attached hydrogen (secondary N) is 1. The number of carbonyl (C=O) groups excluding carboxylic acids is 1. The molecule has 1 N–H and O–H groups in total. The van der Waals surface area contributed by atoms with Gasteiger partial charge in [0.25, 0.3) is 0 Å². The van der Waals surface area contributed by atoms with Crippen LogP contribution in [0.1, 0.15) is 39.2 Å². The zero-order valence-corrected chi connectivity index (χ0v) is 14.2. The van der Waals surface area contributed by atoms with Gasteiger partial charge in [0, 0.05) is 10.5 Å². The molecular weight excluding hydrogens is 314 g/mol. The third-order valence-electron chi connectivity index (χ3n) is 6.25. The Morgan fingerprint density at radius 3 is 2.50 bits per heavy atom. The second-order valence-electron chi connectivity index (χ2n) is 7.20. The van der Waals surface area contributed by atoms with Crippen molar-refractivity contribution >= 4 is 27.5 Å². The van der Waals surface area contributed by atoms with Gasteiger partial charge in [-0.25, -0.2) is 0 Å². The Balaban J connectivity index is 1.89. The van der Waals surface area contributed by atoms with Crippen molar-refractivity contribution in [2.75, 3.05) is 5.32 Å². The molecule has 0 radical (unpaired) electrons. The van der Waals surface area contributed by atoms with Crippen LogP contribution in [-0.4, -0.2) is 10.7 Å². The summed E-state index contributed by atoms with van der Waals surface area (Å²) >= 11 is 3.81. The summed E-state index contributed by atoms with van der Waals surface area (Å²) in [5.74, 6) is 0.171. The number of rotatable bonds is 2. The maximum absolute atomic E-state index is 12.9. The first-order valence-corrected chi connectivity index (χ1v) is 8.19. The van der Waals surface area contributed by atoms with Gasteiger partial charge in [0.15, 0.2) is 0 Å². The molecule has 0 aromatic heterocycles. The van der Waals surface area contributed by atoms with Gasteiger partial charge in [0.1, 0.15) is 0 Å². The van der Waals surface area contributed by atoms with Gasteiger partial charge >= 0.3 is 0 Å². The van der Waals surface area contributed by atoms with E-state index in [4.69, 9.17) is 0 Å². The van der Waals surface area contributed by atoms with Crippen LogP contribution in [0.2, 0.25) is 0 Å². The van der Waals surface area contributed by atoms with E-state index in [1.165, 1.54) is 5.56 Å². The Kier molecular flexibility index (Phi) is 2.89. The molecule has 3 aliphatic carbocycles. The van der Waals surface area contributed by atoms with Crippen molar-refractivity contribution < 1.29 is 4.79 Å². The number of anilines is 1. The first-order chi connectivity index (χ1) is 9.25. The molecule has 1 aromatic rings. The molecule has 0 aliphatic heterocycles. The fourth-order valence-corrected chi connectivity index (χ4v) is 6.23. The van der Waals surface area contributed by atoms with Crippen LogP contribution >= 0.6 is 15.9 Å². The first kappa shape index (κ1) is 14.1. The number of amides is 1. The van der Waals surface area contributed by atoms with E-state index >= 15 is 0 Å². The Morgan fingerprint density at radius 1 is 1.30 bits per heavy atom. The van der Waals surface area contributed by atoms with Gasteiger partial charge in [0.2, 0.25) is 5.91 Å². The van der Waals surface area contributed by atoms with E-state index in [2.05, 4.69) is 42.0 Å². The Hall–Kier alpha value is -0.830. The highest BCUT2D eigenvalue weighted by Crippen LogP contribution is 2.79. The molecule has 0 spiro atoms. The van der Waals surface area contributed by atoms with Gasteiger partial charge in [-0.1, -0.05) is 48.8 Å². The summed E-state index contributed by atoms with van der Waals surface area (Å²) in [6.45, 7) is 8.83. The van der Waals surface area contributed by atoms with Crippen molar-refractivity contribution in [3.63, 3.8) is 0 Å². The van der Waals surface area contributed by atoms with Crippen LogP contribution in [0.25, 0.3) is 0 Å². The second kappa shape index (κ2) is 4.09. The summed E-state index contributed by atoms with van der Waals surface area (Å²) in [5, 5.41) is 3.14. The van der Waals surface area contributed by atoms with Crippen molar-refractivity contribution in [2.24, 2.45) is 16.2 Å². The highest BCUT2D eigenvalue weighted by Gasteiger charge is 2.80. The quantitative estimate of drug-likeness (QED) is 0.790. The van der Waals surface area contributed by atoms with Crippen LogP contribution in [0.4, 0.5) is 5.69 Å². The normalized spacial score (nSPS) is 37.4. The molecule has 3 aliphatic rings. The van der Waals surface area contributed by atoms with Crippen LogP contribution < -0.4 is 5.32 Å². The summed E-state index contributed by atoms with van der Waals surface area (Å²) in [4.78, 5) is 13.2. The number of hydrogen-bond acceptors (Lipinski definition) is 1. The van der Waals surface area contributed by atoms with Gasteiger partial charge in [-0.2, -0.15) is 0 Å². The Morgan fingerprint density at radius 2 is 2.00 bits per heavy atom. The predicted octanol–water partition coefficient (Wildman–Crippen LogP) is 4.52. The third kappa shape index (κ3) is 1.42. The van der Waals surface area contributed by atoms with E-state index in [0.717, 1.165) is 18.5 Å². The van der Waals surface area contributed by atoms with Crippen LogP contribution in [-0.2, 0) is 4.79 Å². The summed E-state index contributed by atoms with van der Waals surface area (Å²) in [7, 11) is 0. The Bertz CT molecular complexity index is 582. The fourth-order valence-electron chi connectivity index (χ4n) is 4.42. The minimum Gasteiger partial charge on any atom is -0.326 e. The highest BCUT2D eigenvalue weighted by atomic mass is 79.9. The van der Waals surface area contributed by atoms with Crippen LogP contribution in [0.3, 0.4) is 0 Å². The molecule has 1 aromatic carbocycles. The third-order valence-corrected chi connectivity index (χ3v) is 8.05. The lowest BCUT2D eigenvalue weighted by molar-refractivity contribution is -0.155. The van der Waals surface area contributed by atoms with E-state index in [-0.39, 0.29) is 27.0 Å². The van der Waals surface area contributed by atoms with Crippen molar-refractivity contribution in [3.8, 4) is 0 Å². The highest BCUT2D eigenvalue weighted by molar-refractivity contribution is 9.09. The van der Waals surface area contributed by atoms with E-state index in [1.54, 1.807) is 0 Å². The number of benzene rings is 1. The molecular formula is C17H22BrNO.